The molecule has 3 rings (SSSR count). The molecule has 2 amide bonds. The number of anilines is 1. The second-order valence-corrected chi connectivity index (χ2v) is 6.41. The Morgan fingerprint density at radius 2 is 1.92 bits per heavy atom. The van der Waals surface area contributed by atoms with Gasteiger partial charge in [0.25, 0.3) is 0 Å². The average Bonchev–Trinajstić information content (AvgIpc) is 2.68. The van der Waals surface area contributed by atoms with Crippen LogP contribution in [0.25, 0.3) is 0 Å². The first kappa shape index (κ1) is 17.7. The van der Waals surface area contributed by atoms with E-state index in [0.717, 1.165) is 19.6 Å². The van der Waals surface area contributed by atoms with Gasteiger partial charge in [-0.05, 0) is 12.1 Å². The molecule has 1 aromatic carbocycles. The molecule has 0 saturated carbocycles. The summed E-state index contributed by atoms with van der Waals surface area (Å²) >= 11 is 0. The summed E-state index contributed by atoms with van der Waals surface area (Å²) < 4.78 is 5.33. The highest BCUT2D eigenvalue weighted by atomic mass is 16.5. The monoisotopic (exact) mass is 346 g/mol. The van der Waals surface area contributed by atoms with Gasteiger partial charge in [0.05, 0.1) is 19.8 Å². The van der Waals surface area contributed by atoms with Crippen LogP contribution in [0.2, 0.25) is 0 Å². The van der Waals surface area contributed by atoms with Gasteiger partial charge in [-0.2, -0.15) is 0 Å². The Bertz CT molecular complexity index is 567. The van der Waals surface area contributed by atoms with Crippen molar-refractivity contribution in [3.05, 3.63) is 30.3 Å². The number of carbonyl (C=O) groups excluding carboxylic acids is 2. The molecule has 0 bridgehead atoms. The van der Waals surface area contributed by atoms with Crippen LogP contribution in [0.15, 0.2) is 30.3 Å². The molecule has 1 aromatic rings. The molecule has 0 radical (unpaired) electrons. The van der Waals surface area contributed by atoms with E-state index in [9.17, 15) is 9.59 Å². The zero-order valence-electron chi connectivity index (χ0n) is 14.4. The van der Waals surface area contributed by atoms with Crippen LogP contribution < -0.4 is 15.5 Å². The molecule has 2 aliphatic rings. The lowest BCUT2D eigenvalue weighted by atomic mass is 10.2. The third-order valence-electron chi connectivity index (χ3n) is 4.62. The second-order valence-electron chi connectivity index (χ2n) is 6.41. The number of hydrogen-bond donors (Lipinski definition) is 2. The normalized spacial score (nSPS) is 21.0. The van der Waals surface area contributed by atoms with Crippen molar-refractivity contribution in [3.8, 4) is 0 Å². The van der Waals surface area contributed by atoms with E-state index in [4.69, 9.17) is 4.74 Å². The Balaban J connectivity index is 1.37. The lowest BCUT2D eigenvalue weighted by molar-refractivity contribution is -0.133. The summed E-state index contributed by atoms with van der Waals surface area (Å²) in [6.45, 7) is 5.05. The quantitative estimate of drug-likeness (QED) is 0.774. The van der Waals surface area contributed by atoms with Crippen molar-refractivity contribution in [1.29, 1.82) is 0 Å². The predicted molar refractivity (Wildman–Crippen MR) is 95.5 cm³/mol. The molecule has 2 aliphatic heterocycles. The van der Waals surface area contributed by atoms with Crippen LogP contribution in [-0.2, 0) is 14.3 Å². The number of carbonyl (C=O) groups is 2. The number of hydrogen-bond acceptors (Lipinski definition) is 5. The molecule has 1 atom stereocenters. The maximum Gasteiger partial charge on any atom is 0.242 e. The average molecular weight is 346 g/mol. The Labute approximate surface area is 148 Å². The molecular formula is C18H26N4O3. The van der Waals surface area contributed by atoms with E-state index in [1.165, 1.54) is 5.69 Å². The fourth-order valence-corrected chi connectivity index (χ4v) is 3.19. The van der Waals surface area contributed by atoms with Gasteiger partial charge in [0.2, 0.25) is 11.8 Å². The Morgan fingerprint density at radius 3 is 2.60 bits per heavy atom. The van der Waals surface area contributed by atoms with Crippen LogP contribution in [0.4, 0.5) is 5.69 Å². The van der Waals surface area contributed by atoms with E-state index in [-0.39, 0.29) is 24.4 Å². The van der Waals surface area contributed by atoms with E-state index in [1.807, 2.05) is 23.1 Å². The van der Waals surface area contributed by atoms with Crippen molar-refractivity contribution in [2.24, 2.45) is 0 Å². The molecule has 25 heavy (non-hydrogen) atoms. The Kier molecular flexibility index (Phi) is 6.25. The summed E-state index contributed by atoms with van der Waals surface area (Å²) in [5.74, 6) is -0.131. The molecule has 2 N–H and O–H groups in total. The highest BCUT2D eigenvalue weighted by molar-refractivity contribution is 5.85. The lowest BCUT2D eigenvalue weighted by Gasteiger charge is -2.36. The lowest BCUT2D eigenvalue weighted by Crippen LogP contribution is -2.51. The van der Waals surface area contributed by atoms with Crippen molar-refractivity contribution in [2.75, 3.05) is 57.4 Å². The number of rotatable bonds is 5. The van der Waals surface area contributed by atoms with Crippen molar-refractivity contribution in [1.82, 2.24) is 15.5 Å². The standard InChI is InChI=1S/C18H26N4O3/c23-17(12-15-14-25-11-6-19-15)20-13-18(24)22-9-7-21(8-10-22)16-4-2-1-3-5-16/h1-5,15,19H,6-14H2,(H,20,23). The van der Waals surface area contributed by atoms with Gasteiger partial charge in [-0.3, -0.25) is 9.59 Å². The van der Waals surface area contributed by atoms with Gasteiger partial charge in [0.1, 0.15) is 0 Å². The zero-order valence-corrected chi connectivity index (χ0v) is 14.4. The van der Waals surface area contributed by atoms with Crippen LogP contribution in [0.1, 0.15) is 6.42 Å². The Hall–Kier alpha value is -2.12. The molecule has 2 fully saturated rings. The van der Waals surface area contributed by atoms with Gasteiger partial charge in [0.15, 0.2) is 0 Å². The first-order chi connectivity index (χ1) is 12.2. The van der Waals surface area contributed by atoms with E-state index >= 15 is 0 Å². The molecule has 0 aromatic heterocycles. The summed E-state index contributed by atoms with van der Waals surface area (Å²) in [6, 6.07) is 10.3. The van der Waals surface area contributed by atoms with Crippen LogP contribution in [0, 0.1) is 0 Å². The summed E-state index contributed by atoms with van der Waals surface area (Å²) in [4.78, 5) is 28.3. The summed E-state index contributed by atoms with van der Waals surface area (Å²) in [7, 11) is 0. The number of piperazine rings is 1. The number of nitrogens with one attached hydrogen (secondary N) is 2. The SMILES string of the molecule is O=C(CC1COCCN1)NCC(=O)N1CCN(c2ccccc2)CC1. The van der Waals surface area contributed by atoms with E-state index < -0.39 is 0 Å². The first-order valence-electron chi connectivity index (χ1n) is 8.88. The van der Waals surface area contributed by atoms with Gasteiger partial charge in [-0.25, -0.2) is 0 Å². The fraction of sp³-hybridized carbons (Fsp3) is 0.556. The fourth-order valence-electron chi connectivity index (χ4n) is 3.19. The molecule has 0 aliphatic carbocycles. The maximum absolute atomic E-state index is 12.3. The third kappa shape index (κ3) is 5.17. The molecule has 0 spiro atoms. The zero-order chi connectivity index (χ0) is 17.5. The van der Waals surface area contributed by atoms with E-state index in [1.54, 1.807) is 0 Å². The number of benzene rings is 1. The van der Waals surface area contributed by atoms with E-state index in [2.05, 4.69) is 27.7 Å². The van der Waals surface area contributed by atoms with E-state index in [0.29, 0.717) is 32.7 Å². The number of morpholine rings is 1. The van der Waals surface area contributed by atoms with Crippen molar-refractivity contribution >= 4 is 17.5 Å². The summed E-state index contributed by atoms with van der Waals surface area (Å²) in [5, 5.41) is 5.97. The molecule has 136 valence electrons. The van der Waals surface area contributed by atoms with Gasteiger partial charge >= 0.3 is 0 Å². The second kappa shape index (κ2) is 8.82. The number of amides is 2. The predicted octanol–water partition coefficient (Wildman–Crippen LogP) is -0.170. The van der Waals surface area contributed by atoms with Gasteiger partial charge in [-0.15, -0.1) is 0 Å². The minimum Gasteiger partial charge on any atom is -0.378 e. The number of para-hydroxylation sites is 1. The molecule has 7 heteroatoms. The van der Waals surface area contributed by atoms with Gasteiger partial charge in [0, 0.05) is 50.9 Å². The topological polar surface area (TPSA) is 73.9 Å². The molecule has 7 nitrogen and oxygen atoms in total. The number of ether oxygens (including phenoxy) is 1. The maximum atomic E-state index is 12.3. The highest BCUT2D eigenvalue weighted by Crippen LogP contribution is 2.15. The van der Waals surface area contributed by atoms with Crippen molar-refractivity contribution < 1.29 is 14.3 Å². The third-order valence-corrected chi connectivity index (χ3v) is 4.62. The Morgan fingerprint density at radius 1 is 1.16 bits per heavy atom. The van der Waals surface area contributed by atoms with Gasteiger partial charge < -0.3 is 25.2 Å². The minimum atomic E-state index is -0.112. The number of nitrogens with zero attached hydrogens (tertiary/aromatic N) is 2. The van der Waals surface area contributed by atoms with Crippen LogP contribution >= 0.6 is 0 Å². The first-order valence-corrected chi connectivity index (χ1v) is 8.88. The molecular weight excluding hydrogens is 320 g/mol. The van der Waals surface area contributed by atoms with Crippen molar-refractivity contribution in [2.45, 2.75) is 12.5 Å². The van der Waals surface area contributed by atoms with Crippen LogP contribution in [0.3, 0.4) is 0 Å². The molecule has 2 heterocycles. The summed E-state index contributed by atoms with van der Waals surface area (Å²) in [5.41, 5.74) is 1.19. The molecule has 2 saturated heterocycles. The highest BCUT2D eigenvalue weighted by Gasteiger charge is 2.22. The summed E-state index contributed by atoms with van der Waals surface area (Å²) in [6.07, 6.45) is 0.342. The van der Waals surface area contributed by atoms with Crippen LogP contribution in [0.5, 0.6) is 0 Å². The largest absolute Gasteiger partial charge is 0.378 e. The van der Waals surface area contributed by atoms with Gasteiger partial charge in [-0.1, -0.05) is 18.2 Å². The smallest absolute Gasteiger partial charge is 0.242 e. The molecule has 1 unspecified atom stereocenters. The van der Waals surface area contributed by atoms with Crippen LogP contribution in [-0.4, -0.2) is 75.2 Å². The minimum absolute atomic E-state index is 0.0195. The van der Waals surface area contributed by atoms with Crippen molar-refractivity contribution in [3.63, 3.8) is 0 Å².